The Kier molecular flexibility index (Phi) is 4.36. The van der Waals surface area contributed by atoms with Crippen molar-refractivity contribution in [1.82, 2.24) is 5.32 Å². The first kappa shape index (κ1) is 11.8. The minimum Gasteiger partial charge on any atom is -0.504 e. The number of para-hydroxylation sites is 1. The zero-order chi connectivity index (χ0) is 11.3. The van der Waals surface area contributed by atoms with Gasteiger partial charge in [0.15, 0.2) is 11.5 Å². The molecule has 5 nitrogen and oxygen atoms in total. The first-order valence-electron chi connectivity index (χ1n) is 4.64. The Morgan fingerprint density at radius 3 is 2.67 bits per heavy atom. The fourth-order valence-electron chi connectivity index (χ4n) is 1.16. The minimum absolute atomic E-state index is 0.163. The van der Waals surface area contributed by atoms with Crippen molar-refractivity contribution in [3.05, 3.63) is 23.8 Å². The maximum atomic E-state index is 9.42. The molecule has 0 aliphatic heterocycles. The SMILES string of the molecule is OCC(O)CNCc1cccc(O)c1O. The zero-order valence-electron chi connectivity index (χ0n) is 8.22. The monoisotopic (exact) mass is 213 g/mol. The summed E-state index contributed by atoms with van der Waals surface area (Å²) in [4.78, 5) is 0. The summed E-state index contributed by atoms with van der Waals surface area (Å²) in [7, 11) is 0. The Bertz CT molecular complexity index is 316. The first-order valence-corrected chi connectivity index (χ1v) is 4.64. The predicted octanol–water partition coefficient (Wildman–Crippen LogP) is -0.459. The second-order valence-corrected chi connectivity index (χ2v) is 3.25. The van der Waals surface area contributed by atoms with Gasteiger partial charge in [-0.05, 0) is 6.07 Å². The second kappa shape index (κ2) is 5.55. The van der Waals surface area contributed by atoms with Gasteiger partial charge in [0.05, 0.1) is 12.7 Å². The number of hydrogen-bond donors (Lipinski definition) is 5. The molecule has 0 saturated heterocycles. The van der Waals surface area contributed by atoms with Crippen LogP contribution in [0.5, 0.6) is 11.5 Å². The summed E-state index contributed by atoms with van der Waals surface area (Å²) in [5.41, 5.74) is 0.542. The van der Waals surface area contributed by atoms with Gasteiger partial charge in [-0.3, -0.25) is 0 Å². The van der Waals surface area contributed by atoms with Crippen LogP contribution in [-0.2, 0) is 6.54 Å². The van der Waals surface area contributed by atoms with E-state index in [1.54, 1.807) is 12.1 Å². The number of hydrogen-bond acceptors (Lipinski definition) is 5. The molecule has 84 valence electrons. The van der Waals surface area contributed by atoms with Gasteiger partial charge in [-0.1, -0.05) is 12.1 Å². The maximum absolute atomic E-state index is 9.42. The highest BCUT2D eigenvalue weighted by Gasteiger charge is 2.06. The number of nitrogens with one attached hydrogen (secondary N) is 1. The molecule has 1 rings (SSSR count). The molecule has 0 amide bonds. The van der Waals surface area contributed by atoms with E-state index in [9.17, 15) is 10.2 Å². The Hall–Kier alpha value is -1.30. The molecule has 5 heteroatoms. The van der Waals surface area contributed by atoms with Crippen LogP contribution >= 0.6 is 0 Å². The molecule has 0 spiro atoms. The third kappa shape index (κ3) is 3.39. The molecular formula is C10H15NO4. The molecule has 15 heavy (non-hydrogen) atoms. The van der Waals surface area contributed by atoms with Crippen molar-refractivity contribution in [2.24, 2.45) is 0 Å². The molecule has 1 aromatic rings. The molecule has 0 fully saturated rings. The average molecular weight is 213 g/mol. The number of phenolic OH excluding ortho intramolecular Hbond substituents is 2. The van der Waals surface area contributed by atoms with E-state index in [4.69, 9.17) is 10.2 Å². The van der Waals surface area contributed by atoms with Crippen LogP contribution in [0, 0.1) is 0 Å². The maximum Gasteiger partial charge on any atom is 0.161 e. The van der Waals surface area contributed by atoms with Crippen LogP contribution in [0.25, 0.3) is 0 Å². The van der Waals surface area contributed by atoms with Gasteiger partial charge in [0.1, 0.15) is 0 Å². The standard InChI is InChI=1S/C10H15NO4/c12-6-8(13)5-11-4-7-2-1-3-9(14)10(7)15/h1-3,8,11-15H,4-6H2. The summed E-state index contributed by atoms with van der Waals surface area (Å²) in [5.74, 6) is -0.333. The molecule has 0 aromatic heterocycles. The highest BCUT2D eigenvalue weighted by Crippen LogP contribution is 2.27. The Labute approximate surface area is 87.6 Å². The van der Waals surface area contributed by atoms with E-state index >= 15 is 0 Å². The Morgan fingerprint density at radius 1 is 1.27 bits per heavy atom. The number of phenols is 2. The molecule has 0 heterocycles. The van der Waals surface area contributed by atoms with Crippen molar-refractivity contribution >= 4 is 0 Å². The molecule has 0 radical (unpaired) electrons. The topological polar surface area (TPSA) is 93.0 Å². The fourth-order valence-corrected chi connectivity index (χ4v) is 1.16. The third-order valence-electron chi connectivity index (χ3n) is 2.00. The van der Waals surface area contributed by atoms with Crippen LogP contribution in [0.2, 0.25) is 0 Å². The number of rotatable bonds is 5. The van der Waals surface area contributed by atoms with Gasteiger partial charge in [0, 0.05) is 18.7 Å². The van der Waals surface area contributed by atoms with Crippen molar-refractivity contribution in [3.8, 4) is 11.5 Å². The molecule has 1 unspecified atom stereocenters. The zero-order valence-corrected chi connectivity index (χ0v) is 8.22. The average Bonchev–Trinajstić information content (AvgIpc) is 2.24. The summed E-state index contributed by atoms with van der Waals surface area (Å²) in [6, 6.07) is 4.67. The molecular weight excluding hydrogens is 198 g/mol. The summed E-state index contributed by atoms with van der Waals surface area (Å²) in [6.45, 7) is 0.238. The van der Waals surface area contributed by atoms with Gasteiger partial charge in [0.2, 0.25) is 0 Å². The van der Waals surface area contributed by atoms with Gasteiger partial charge < -0.3 is 25.7 Å². The van der Waals surface area contributed by atoms with E-state index in [0.717, 1.165) is 0 Å². The van der Waals surface area contributed by atoms with E-state index in [1.165, 1.54) is 6.07 Å². The fraction of sp³-hybridized carbons (Fsp3) is 0.400. The van der Waals surface area contributed by atoms with E-state index in [1.807, 2.05) is 0 Å². The minimum atomic E-state index is -0.815. The lowest BCUT2D eigenvalue weighted by Crippen LogP contribution is -2.28. The largest absolute Gasteiger partial charge is 0.504 e. The van der Waals surface area contributed by atoms with E-state index < -0.39 is 6.10 Å². The van der Waals surface area contributed by atoms with Crippen molar-refractivity contribution in [2.45, 2.75) is 12.6 Å². The van der Waals surface area contributed by atoms with Crippen LogP contribution in [0.4, 0.5) is 0 Å². The predicted molar refractivity (Wildman–Crippen MR) is 54.6 cm³/mol. The lowest BCUT2D eigenvalue weighted by atomic mass is 10.2. The van der Waals surface area contributed by atoms with Gasteiger partial charge in [-0.2, -0.15) is 0 Å². The van der Waals surface area contributed by atoms with E-state index in [0.29, 0.717) is 12.1 Å². The van der Waals surface area contributed by atoms with Crippen molar-refractivity contribution < 1.29 is 20.4 Å². The van der Waals surface area contributed by atoms with Crippen LogP contribution in [0.3, 0.4) is 0 Å². The summed E-state index contributed by atoms with van der Waals surface area (Å²) >= 11 is 0. The number of benzene rings is 1. The summed E-state index contributed by atoms with van der Waals surface area (Å²) in [5, 5.41) is 39.0. The Morgan fingerprint density at radius 2 is 2.00 bits per heavy atom. The summed E-state index contributed by atoms with van der Waals surface area (Å²) < 4.78 is 0. The molecule has 0 saturated carbocycles. The second-order valence-electron chi connectivity index (χ2n) is 3.25. The van der Waals surface area contributed by atoms with Crippen molar-refractivity contribution in [2.75, 3.05) is 13.2 Å². The van der Waals surface area contributed by atoms with Crippen LogP contribution in [0.15, 0.2) is 18.2 Å². The highest BCUT2D eigenvalue weighted by atomic mass is 16.3. The third-order valence-corrected chi connectivity index (χ3v) is 2.00. The van der Waals surface area contributed by atoms with E-state index in [-0.39, 0.29) is 24.7 Å². The molecule has 0 aliphatic carbocycles. The molecule has 5 N–H and O–H groups in total. The quantitative estimate of drug-likeness (QED) is 0.427. The summed E-state index contributed by atoms with van der Waals surface area (Å²) in [6.07, 6.45) is -0.815. The lowest BCUT2D eigenvalue weighted by molar-refractivity contribution is 0.0942. The lowest BCUT2D eigenvalue weighted by Gasteiger charge is -2.10. The normalized spacial score (nSPS) is 12.7. The van der Waals surface area contributed by atoms with Gasteiger partial charge in [-0.15, -0.1) is 0 Å². The van der Waals surface area contributed by atoms with Crippen LogP contribution in [0.1, 0.15) is 5.56 Å². The van der Waals surface area contributed by atoms with E-state index in [2.05, 4.69) is 5.32 Å². The first-order chi connectivity index (χ1) is 7.15. The van der Waals surface area contributed by atoms with Gasteiger partial charge >= 0.3 is 0 Å². The highest BCUT2D eigenvalue weighted by molar-refractivity contribution is 5.44. The van der Waals surface area contributed by atoms with Crippen LogP contribution < -0.4 is 5.32 Å². The molecule has 1 atom stereocenters. The van der Waals surface area contributed by atoms with Crippen LogP contribution in [-0.4, -0.2) is 39.7 Å². The Balaban J connectivity index is 2.47. The van der Waals surface area contributed by atoms with Crippen molar-refractivity contribution in [3.63, 3.8) is 0 Å². The number of aliphatic hydroxyl groups is 2. The smallest absolute Gasteiger partial charge is 0.161 e. The van der Waals surface area contributed by atoms with Gasteiger partial charge in [0.25, 0.3) is 0 Å². The number of aliphatic hydroxyl groups excluding tert-OH is 2. The van der Waals surface area contributed by atoms with Gasteiger partial charge in [-0.25, -0.2) is 0 Å². The molecule has 0 aliphatic rings. The molecule has 0 bridgehead atoms. The molecule has 1 aromatic carbocycles. The number of aromatic hydroxyl groups is 2. The van der Waals surface area contributed by atoms with Crippen molar-refractivity contribution in [1.29, 1.82) is 0 Å².